The largest absolute Gasteiger partial charge is 0.368 e. The van der Waals surface area contributed by atoms with Gasteiger partial charge in [-0.2, -0.15) is 14.3 Å². The molecule has 10 nitrogen and oxygen atoms in total. The van der Waals surface area contributed by atoms with E-state index in [4.69, 9.17) is 0 Å². The van der Waals surface area contributed by atoms with Crippen molar-refractivity contribution in [2.45, 2.75) is 85.4 Å². The van der Waals surface area contributed by atoms with E-state index in [1.807, 2.05) is 27.7 Å². The number of aromatic nitrogens is 6. The predicted molar refractivity (Wildman–Crippen MR) is 142 cm³/mol. The number of piperidine rings is 1. The highest BCUT2D eigenvalue weighted by Crippen LogP contribution is 2.31. The fraction of sp³-hybridized carbons (Fsp3) is 0.560. The standard InChI is InChI=1S/C21H27F2N9O.2C2H6/c1-20(2)9-12(10-21(3,4)28-20)25-17-15(23)11-24-18(27-17)26-16-8-13(6-7-14(16)22)32-19(33)31(5)29-30-32;2*1-2/h6-8,11-12,28H,9-10H2,1-5H3,(H2,24,25,26,27);2*1-2H3. The Morgan fingerprint density at radius 2 is 1.62 bits per heavy atom. The monoisotopic (exact) mass is 519 g/mol. The van der Waals surface area contributed by atoms with Crippen LogP contribution in [-0.4, -0.2) is 46.9 Å². The molecule has 3 aromatic rings. The van der Waals surface area contributed by atoms with Crippen LogP contribution >= 0.6 is 0 Å². The SMILES string of the molecule is CC.CC.Cn1nnn(-c2ccc(F)c(Nc3ncc(F)c(NC4CC(C)(C)NC(C)(C)C4)n3)c2)c1=O. The quantitative estimate of drug-likeness (QED) is 0.450. The summed E-state index contributed by atoms with van der Waals surface area (Å²) in [5.74, 6) is -1.16. The van der Waals surface area contributed by atoms with Gasteiger partial charge in [-0.05, 0) is 69.2 Å². The summed E-state index contributed by atoms with van der Waals surface area (Å²) in [4.78, 5) is 20.3. The molecule has 0 radical (unpaired) electrons. The van der Waals surface area contributed by atoms with E-state index in [0.29, 0.717) is 5.69 Å². The van der Waals surface area contributed by atoms with Crippen LogP contribution < -0.4 is 21.6 Å². The second-order valence-electron chi connectivity index (χ2n) is 9.62. The average Bonchev–Trinajstić information content (AvgIpc) is 3.16. The number of benzene rings is 1. The number of nitrogens with one attached hydrogen (secondary N) is 3. The highest BCUT2D eigenvalue weighted by molar-refractivity contribution is 5.59. The van der Waals surface area contributed by atoms with Gasteiger partial charge in [0.25, 0.3) is 0 Å². The molecule has 0 saturated carbocycles. The molecular formula is C25H39F2N9O. The van der Waals surface area contributed by atoms with Crippen molar-refractivity contribution in [1.82, 2.24) is 35.1 Å². The highest BCUT2D eigenvalue weighted by atomic mass is 19.1. The second-order valence-corrected chi connectivity index (χ2v) is 9.62. The summed E-state index contributed by atoms with van der Waals surface area (Å²) in [6.45, 7) is 16.4. The van der Waals surface area contributed by atoms with Crippen LogP contribution in [-0.2, 0) is 7.05 Å². The molecule has 3 heterocycles. The Balaban J connectivity index is 0.00000115. The summed E-state index contributed by atoms with van der Waals surface area (Å²) in [5, 5.41) is 16.9. The summed E-state index contributed by atoms with van der Waals surface area (Å²) in [7, 11) is 1.46. The molecule has 1 aliphatic heterocycles. The van der Waals surface area contributed by atoms with Gasteiger partial charge in [0, 0.05) is 24.2 Å². The van der Waals surface area contributed by atoms with Crippen LogP contribution in [0.15, 0.2) is 29.2 Å². The maximum absolute atomic E-state index is 14.5. The third kappa shape index (κ3) is 7.54. The summed E-state index contributed by atoms with van der Waals surface area (Å²) >= 11 is 0. The molecule has 204 valence electrons. The fourth-order valence-electron chi connectivity index (χ4n) is 4.48. The Hall–Kier alpha value is -3.41. The molecule has 0 amide bonds. The molecule has 1 aliphatic rings. The van der Waals surface area contributed by atoms with E-state index in [1.165, 1.54) is 25.2 Å². The van der Waals surface area contributed by atoms with Crippen molar-refractivity contribution in [2.24, 2.45) is 7.05 Å². The smallest absolute Gasteiger partial charge is 0.365 e. The van der Waals surface area contributed by atoms with Gasteiger partial charge in [-0.1, -0.05) is 27.7 Å². The lowest BCUT2D eigenvalue weighted by atomic mass is 9.79. The van der Waals surface area contributed by atoms with E-state index in [9.17, 15) is 13.6 Å². The molecule has 12 heteroatoms. The Morgan fingerprint density at radius 3 is 2.19 bits per heavy atom. The first-order valence-electron chi connectivity index (χ1n) is 12.6. The van der Waals surface area contributed by atoms with Crippen LogP contribution in [0.4, 0.5) is 26.2 Å². The van der Waals surface area contributed by atoms with Gasteiger partial charge in [0.15, 0.2) is 11.6 Å². The van der Waals surface area contributed by atoms with Gasteiger partial charge in [0.05, 0.1) is 17.6 Å². The predicted octanol–water partition coefficient (Wildman–Crippen LogP) is 4.55. The molecule has 3 N–H and O–H groups in total. The van der Waals surface area contributed by atoms with Gasteiger partial charge >= 0.3 is 5.69 Å². The lowest BCUT2D eigenvalue weighted by Crippen LogP contribution is -2.60. The van der Waals surface area contributed by atoms with E-state index in [1.54, 1.807) is 0 Å². The molecule has 0 atom stereocenters. The lowest BCUT2D eigenvalue weighted by molar-refractivity contribution is 0.170. The molecular weight excluding hydrogens is 480 g/mol. The molecule has 0 spiro atoms. The Kier molecular flexibility index (Phi) is 9.85. The first kappa shape index (κ1) is 29.8. The van der Waals surface area contributed by atoms with E-state index in [0.717, 1.165) is 28.4 Å². The Labute approximate surface area is 216 Å². The molecule has 0 unspecified atom stereocenters. The van der Waals surface area contributed by atoms with Gasteiger partial charge in [0.1, 0.15) is 5.82 Å². The molecule has 0 bridgehead atoms. The maximum atomic E-state index is 14.5. The fourth-order valence-corrected chi connectivity index (χ4v) is 4.48. The number of anilines is 3. The van der Waals surface area contributed by atoms with Crippen molar-refractivity contribution in [1.29, 1.82) is 0 Å². The molecule has 4 rings (SSSR count). The van der Waals surface area contributed by atoms with Gasteiger partial charge < -0.3 is 16.0 Å². The summed E-state index contributed by atoms with van der Waals surface area (Å²) in [5.41, 5.74) is -0.439. The van der Waals surface area contributed by atoms with Crippen molar-refractivity contribution in [3.8, 4) is 5.69 Å². The first-order chi connectivity index (χ1) is 17.4. The van der Waals surface area contributed by atoms with Crippen LogP contribution in [0, 0.1) is 11.6 Å². The number of hydrogen-bond donors (Lipinski definition) is 3. The highest BCUT2D eigenvalue weighted by Gasteiger charge is 2.38. The van der Waals surface area contributed by atoms with Gasteiger partial charge in [-0.15, -0.1) is 0 Å². The van der Waals surface area contributed by atoms with Crippen molar-refractivity contribution in [3.63, 3.8) is 0 Å². The molecule has 37 heavy (non-hydrogen) atoms. The Morgan fingerprint density at radius 1 is 1.00 bits per heavy atom. The first-order valence-corrected chi connectivity index (χ1v) is 12.6. The van der Waals surface area contributed by atoms with Crippen LogP contribution in [0.5, 0.6) is 0 Å². The number of hydrogen-bond acceptors (Lipinski definition) is 8. The van der Waals surface area contributed by atoms with Gasteiger partial charge in [0.2, 0.25) is 5.95 Å². The van der Waals surface area contributed by atoms with Gasteiger partial charge in [-0.3, -0.25) is 0 Å². The van der Waals surface area contributed by atoms with E-state index in [-0.39, 0.29) is 34.6 Å². The van der Waals surface area contributed by atoms with E-state index < -0.39 is 17.3 Å². The topological polar surface area (TPSA) is 115 Å². The second kappa shape index (κ2) is 12.2. The minimum atomic E-state index is -0.602. The zero-order valence-corrected chi connectivity index (χ0v) is 23.1. The molecule has 0 aliphatic carbocycles. The summed E-state index contributed by atoms with van der Waals surface area (Å²) in [6, 6.07) is 3.94. The van der Waals surface area contributed by atoms with Gasteiger partial charge in [-0.25, -0.2) is 18.6 Å². The Bertz CT molecular complexity index is 1220. The minimum Gasteiger partial charge on any atom is -0.365 e. The number of rotatable bonds is 5. The third-order valence-electron chi connectivity index (χ3n) is 5.44. The number of aryl methyl sites for hydroxylation is 1. The number of nitrogens with zero attached hydrogens (tertiary/aromatic N) is 6. The van der Waals surface area contributed by atoms with Crippen molar-refractivity contribution in [2.75, 3.05) is 10.6 Å². The van der Waals surface area contributed by atoms with E-state index >= 15 is 0 Å². The minimum absolute atomic E-state index is 0.00624. The van der Waals surface area contributed by atoms with Crippen LogP contribution in [0.1, 0.15) is 68.2 Å². The number of halogens is 2. The maximum Gasteiger partial charge on any atom is 0.368 e. The summed E-state index contributed by atoms with van der Waals surface area (Å²) in [6.07, 6.45) is 2.57. The molecule has 1 saturated heterocycles. The molecule has 1 fully saturated rings. The zero-order valence-electron chi connectivity index (χ0n) is 23.1. The normalized spacial score (nSPS) is 16.1. The van der Waals surface area contributed by atoms with Crippen molar-refractivity contribution in [3.05, 3.63) is 46.5 Å². The number of tetrazole rings is 1. The molecule has 2 aromatic heterocycles. The van der Waals surface area contributed by atoms with Crippen LogP contribution in [0.2, 0.25) is 0 Å². The van der Waals surface area contributed by atoms with Crippen LogP contribution in [0.3, 0.4) is 0 Å². The average molecular weight is 520 g/mol. The van der Waals surface area contributed by atoms with E-state index in [2.05, 4.69) is 64.0 Å². The van der Waals surface area contributed by atoms with Crippen molar-refractivity contribution >= 4 is 17.5 Å². The van der Waals surface area contributed by atoms with Crippen molar-refractivity contribution < 1.29 is 8.78 Å². The zero-order chi connectivity index (χ0) is 28.0. The summed E-state index contributed by atoms with van der Waals surface area (Å²) < 4.78 is 31.0. The molecule has 1 aromatic carbocycles. The van der Waals surface area contributed by atoms with Crippen LogP contribution in [0.25, 0.3) is 5.69 Å². The third-order valence-corrected chi connectivity index (χ3v) is 5.44. The lowest BCUT2D eigenvalue weighted by Gasteiger charge is -2.46.